The number of likely N-dealkylation sites (tertiary alicyclic amines) is 1. The van der Waals surface area contributed by atoms with E-state index in [4.69, 9.17) is 5.73 Å². The largest absolute Gasteiger partial charge is 0.337 e. The van der Waals surface area contributed by atoms with E-state index in [1.165, 1.54) is 4.68 Å². The van der Waals surface area contributed by atoms with Gasteiger partial charge in [-0.15, -0.1) is 0 Å². The molecule has 6 nitrogen and oxygen atoms in total. The van der Waals surface area contributed by atoms with Gasteiger partial charge in [0.1, 0.15) is 0 Å². The Labute approximate surface area is 163 Å². The molecule has 0 bridgehead atoms. The lowest BCUT2D eigenvalue weighted by Crippen LogP contribution is -2.36. The van der Waals surface area contributed by atoms with Crippen molar-refractivity contribution in [3.8, 4) is 0 Å². The number of nitrogens with zero attached hydrogens (tertiary/aromatic N) is 3. The fraction of sp³-hybridized carbons (Fsp3) is 0.318. The molecule has 0 aliphatic carbocycles. The molecule has 1 atom stereocenters. The zero-order chi connectivity index (χ0) is 19.7. The van der Waals surface area contributed by atoms with E-state index >= 15 is 0 Å². The topological polar surface area (TPSA) is 81.2 Å². The van der Waals surface area contributed by atoms with Crippen molar-refractivity contribution in [1.29, 1.82) is 0 Å². The van der Waals surface area contributed by atoms with Crippen LogP contribution in [0, 0.1) is 5.41 Å². The second kappa shape index (κ2) is 7.20. The average Bonchev–Trinajstić information content (AvgIpc) is 3.13. The van der Waals surface area contributed by atoms with Crippen LogP contribution in [-0.4, -0.2) is 40.2 Å². The summed E-state index contributed by atoms with van der Waals surface area (Å²) in [6.07, 6.45) is 0.872. The van der Waals surface area contributed by atoms with Crippen molar-refractivity contribution in [1.82, 2.24) is 14.7 Å². The lowest BCUT2D eigenvalue weighted by atomic mass is 9.90. The predicted octanol–water partition coefficient (Wildman–Crippen LogP) is 2.26. The third-order valence-electron chi connectivity index (χ3n) is 5.58. The van der Waals surface area contributed by atoms with Crippen LogP contribution in [0.2, 0.25) is 0 Å². The van der Waals surface area contributed by atoms with E-state index in [-0.39, 0.29) is 16.9 Å². The molecular formula is C22H24N4O2. The van der Waals surface area contributed by atoms with Crippen molar-refractivity contribution in [2.24, 2.45) is 11.1 Å². The molecule has 4 rings (SSSR count). The lowest BCUT2D eigenvalue weighted by Gasteiger charge is -2.22. The molecule has 1 fully saturated rings. The maximum Gasteiger partial charge on any atom is 0.274 e. The number of carbonyl (C=O) groups is 1. The SMILES string of the molecule is CC1(CN)CCN(C(=O)c2nn(Cc3ccccc3)c(=O)c3ccccc23)C1. The normalized spacial score (nSPS) is 19.3. The third kappa shape index (κ3) is 3.31. The van der Waals surface area contributed by atoms with Crippen LogP contribution in [0.3, 0.4) is 0 Å². The zero-order valence-corrected chi connectivity index (χ0v) is 16.0. The van der Waals surface area contributed by atoms with E-state index in [9.17, 15) is 9.59 Å². The summed E-state index contributed by atoms with van der Waals surface area (Å²) in [4.78, 5) is 28.0. The molecule has 6 heteroatoms. The molecule has 144 valence electrons. The summed E-state index contributed by atoms with van der Waals surface area (Å²) in [5, 5.41) is 5.61. The molecule has 3 aromatic rings. The van der Waals surface area contributed by atoms with Crippen LogP contribution in [0.15, 0.2) is 59.4 Å². The number of amides is 1. The number of hydrogen-bond acceptors (Lipinski definition) is 4. The van der Waals surface area contributed by atoms with Gasteiger partial charge in [0.05, 0.1) is 11.9 Å². The molecule has 0 radical (unpaired) electrons. The van der Waals surface area contributed by atoms with E-state index in [2.05, 4.69) is 12.0 Å². The van der Waals surface area contributed by atoms with E-state index in [0.29, 0.717) is 42.6 Å². The Hall–Kier alpha value is -2.99. The number of benzene rings is 2. The van der Waals surface area contributed by atoms with Crippen LogP contribution in [0.25, 0.3) is 10.8 Å². The summed E-state index contributed by atoms with van der Waals surface area (Å²) in [6.45, 7) is 4.22. The second-order valence-corrected chi connectivity index (χ2v) is 7.83. The van der Waals surface area contributed by atoms with Gasteiger partial charge < -0.3 is 10.6 Å². The van der Waals surface area contributed by atoms with E-state index < -0.39 is 0 Å². The first kappa shape index (κ1) is 18.4. The number of rotatable bonds is 4. The molecule has 2 N–H and O–H groups in total. The summed E-state index contributed by atoms with van der Waals surface area (Å²) < 4.78 is 1.39. The summed E-state index contributed by atoms with van der Waals surface area (Å²) in [6, 6.07) is 16.8. The van der Waals surface area contributed by atoms with E-state index in [0.717, 1.165) is 12.0 Å². The number of fused-ring (bicyclic) bond motifs is 1. The monoisotopic (exact) mass is 376 g/mol. The van der Waals surface area contributed by atoms with Gasteiger partial charge in [-0.1, -0.05) is 55.5 Å². The Morgan fingerprint density at radius 1 is 1.11 bits per heavy atom. The minimum Gasteiger partial charge on any atom is -0.337 e. The summed E-state index contributed by atoms with van der Waals surface area (Å²) in [7, 11) is 0. The lowest BCUT2D eigenvalue weighted by molar-refractivity contribution is 0.0770. The van der Waals surface area contributed by atoms with Crippen molar-refractivity contribution in [3.63, 3.8) is 0 Å². The summed E-state index contributed by atoms with van der Waals surface area (Å²) in [5.41, 5.74) is 6.92. The van der Waals surface area contributed by atoms with Gasteiger partial charge >= 0.3 is 0 Å². The molecule has 2 aromatic carbocycles. The molecule has 1 aliphatic heterocycles. The minimum absolute atomic E-state index is 0.0655. The molecule has 1 aromatic heterocycles. The fourth-order valence-electron chi connectivity index (χ4n) is 3.77. The number of hydrogen-bond donors (Lipinski definition) is 1. The molecule has 1 unspecified atom stereocenters. The highest BCUT2D eigenvalue weighted by atomic mass is 16.2. The fourth-order valence-corrected chi connectivity index (χ4v) is 3.77. The molecule has 0 saturated carbocycles. The predicted molar refractivity (Wildman–Crippen MR) is 109 cm³/mol. The first-order valence-electron chi connectivity index (χ1n) is 9.54. The van der Waals surface area contributed by atoms with E-state index in [1.54, 1.807) is 17.0 Å². The molecule has 1 amide bonds. The summed E-state index contributed by atoms with van der Waals surface area (Å²) in [5.74, 6) is -0.143. The van der Waals surface area contributed by atoms with Gasteiger partial charge in [-0.25, -0.2) is 4.68 Å². The van der Waals surface area contributed by atoms with Crippen molar-refractivity contribution in [3.05, 3.63) is 76.2 Å². The average molecular weight is 376 g/mol. The second-order valence-electron chi connectivity index (χ2n) is 7.83. The van der Waals surface area contributed by atoms with Gasteiger partial charge in [-0.2, -0.15) is 5.10 Å². The minimum atomic E-state index is -0.191. The molecular weight excluding hydrogens is 352 g/mol. The Morgan fingerprint density at radius 2 is 1.79 bits per heavy atom. The third-order valence-corrected chi connectivity index (χ3v) is 5.58. The van der Waals surface area contributed by atoms with Gasteiger partial charge in [0.15, 0.2) is 5.69 Å². The van der Waals surface area contributed by atoms with Crippen molar-refractivity contribution in [2.45, 2.75) is 19.9 Å². The van der Waals surface area contributed by atoms with E-state index in [1.807, 2.05) is 42.5 Å². The van der Waals surface area contributed by atoms with Crippen molar-refractivity contribution < 1.29 is 4.79 Å². The summed E-state index contributed by atoms with van der Waals surface area (Å²) >= 11 is 0. The van der Waals surface area contributed by atoms with Crippen LogP contribution >= 0.6 is 0 Å². The molecule has 1 saturated heterocycles. The Balaban J connectivity index is 1.78. The quantitative estimate of drug-likeness (QED) is 0.757. The van der Waals surface area contributed by atoms with Crippen LogP contribution in [0.1, 0.15) is 29.4 Å². The smallest absolute Gasteiger partial charge is 0.274 e. The first-order valence-corrected chi connectivity index (χ1v) is 9.54. The first-order chi connectivity index (χ1) is 13.5. The molecule has 28 heavy (non-hydrogen) atoms. The van der Waals surface area contributed by atoms with Gasteiger partial charge in [-0.05, 0) is 30.0 Å². The maximum absolute atomic E-state index is 13.3. The highest BCUT2D eigenvalue weighted by molar-refractivity contribution is 6.04. The number of aromatic nitrogens is 2. The zero-order valence-electron chi connectivity index (χ0n) is 16.0. The van der Waals surface area contributed by atoms with Crippen molar-refractivity contribution >= 4 is 16.7 Å². The Bertz CT molecular complexity index is 1080. The molecule has 0 spiro atoms. The van der Waals surface area contributed by atoms with Gasteiger partial charge in [0.25, 0.3) is 11.5 Å². The Morgan fingerprint density at radius 3 is 2.46 bits per heavy atom. The van der Waals surface area contributed by atoms with Crippen LogP contribution in [-0.2, 0) is 6.54 Å². The van der Waals surface area contributed by atoms with Crippen molar-refractivity contribution in [2.75, 3.05) is 19.6 Å². The highest BCUT2D eigenvalue weighted by Gasteiger charge is 2.36. The standard InChI is InChI=1S/C22H24N4O2/c1-22(14-23)11-12-25(15-22)21(28)19-17-9-5-6-10-18(17)20(27)26(24-19)13-16-7-3-2-4-8-16/h2-10H,11-15,23H2,1H3. The highest BCUT2D eigenvalue weighted by Crippen LogP contribution is 2.30. The molecule has 2 heterocycles. The van der Waals surface area contributed by atoms with Crippen LogP contribution in [0.5, 0.6) is 0 Å². The number of nitrogens with two attached hydrogens (primary N) is 1. The van der Waals surface area contributed by atoms with Gasteiger partial charge in [-0.3, -0.25) is 9.59 Å². The Kier molecular flexibility index (Phi) is 4.73. The van der Waals surface area contributed by atoms with Gasteiger partial charge in [0.2, 0.25) is 0 Å². The number of carbonyl (C=O) groups excluding carboxylic acids is 1. The van der Waals surface area contributed by atoms with Crippen LogP contribution in [0.4, 0.5) is 0 Å². The van der Waals surface area contributed by atoms with Crippen LogP contribution < -0.4 is 11.3 Å². The maximum atomic E-state index is 13.3. The van der Waals surface area contributed by atoms with Gasteiger partial charge in [0, 0.05) is 18.5 Å². The molecule has 1 aliphatic rings.